The molecule has 1 aromatic heterocycles. The first kappa shape index (κ1) is 11.9. The van der Waals surface area contributed by atoms with E-state index >= 15 is 0 Å². The van der Waals surface area contributed by atoms with E-state index in [9.17, 15) is 0 Å². The number of H-pyrrole nitrogens is 1. The van der Waals surface area contributed by atoms with Gasteiger partial charge in [-0.05, 0) is 0 Å². The van der Waals surface area contributed by atoms with Gasteiger partial charge in [-0.25, -0.2) is 4.98 Å². The summed E-state index contributed by atoms with van der Waals surface area (Å²) >= 11 is 2.34. The van der Waals surface area contributed by atoms with Crippen LogP contribution >= 0.6 is 23.5 Å². The number of nitrogens with zero attached hydrogens (tertiary/aromatic N) is 2. The molecule has 1 rings (SSSR count). The molecule has 0 radical (unpaired) electrons. The highest BCUT2D eigenvalue weighted by molar-refractivity contribution is 8.13. The number of rotatable bonds is 4. The molecule has 7 nitrogen and oxygen atoms in total. The van der Waals surface area contributed by atoms with Crippen molar-refractivity contribution < 1.29 is 0 Å². The van der Waals surface area contributed by atoms with Gasteiger partial charge in [0.05, 0.1) is 11.5 Å². The van der Waals surface area contributed by atoms with Gasteiger partial charge in [0.25, 0.3) is 0 Å². The number of nitrogens with one attached hydrogen (secondary N) is 3. The summed E-state index contributed by atoms with van der Waals surface area (Å²) < 4.78 is 0. The average molecular weight is 245 g/mol. The van der Waals surface area contributed by atoms with Crippen molar-refractivity contribution in [2.24, 2.45) is 11.5 Å². The molecule has 0 saturated carbocycles. The molecule has 82 valence electrons. The maximum atomic E-state index is 7.02. The van der Waals surface area contributed by atoms with Crippen LogP contribution in [-0.4, -0.2) is 25.5 Å². The van der Waals surface area contributed by atoms with Gasteiger partial charge in [-0.2, -0.15) is 5.10 Å². The lowest BCUT2D eigenvalue weighted by molar-refractivity contribution is 1.00. The maximum absolute atomic E-state index is 7.02. The molecule has 0 spiro atoms. The molecule has 0 aromatic carbocycles. The van der Waals surface area contributed by atoms with Crippen molar-refractivity contribution in [3.8, 4) is 0 Å². The number of hydrogen-bond donors (Lipinski definition) is 5. The third-order valence-electron chi connectivity index (χ3n) is 1.30. The van der Waals surface area contributed by atoms with Crippen LogP contribution in [-0.2, 0) is 11.5 Å². The molecule has 9 heteroatoms. The lowest BCUT2D eigenvalue weighted by atomic mass is 10.7. The van der Waals surface area contributed by atoms with Gasteiger partial charge in [0.15, 0.2) is 16.2 Å². The Hall–Kier alpha value is -1.22. The van der Waals surface area contributed by atoms with E-state index in [2.05, 4.69) is 15.2 Å². The summed E-state index contributed by atoms with van der Waals surface area (Å²) in [4.78, 5) is 4.14. The summed E-state index contributed by atoms with van der Waals surface area (Å²) in [6.07, 6.45) is 0. The minimum absolute atomic E-state index is 0.0412. The Labute approximate surface area is 94.8 Å². The molecule has 0 amide bonds. The van der Waals surface area contributed by atoms with Gasteiger partial charge >= 0.3 is 0 Å². The minimum Gasteiger partial charge on any atom is -0.379 e. The zero-order valence-corrected chi connectivity index (χ0v) is 9.41. The molecule has 0 fully saturated rings. The van der Waals surface area contributed by atoms with E-state index in [1.54, 1.807) is 0 Å². The largest absolute Gasteiger partial charge is 0.379 e. The molecule has 1 aromatic rings. The van der Waals surface area contributed by atoms with Gasteiger partial charge in [0.1, 0.15) is 5.82 Å². The summed E-state index contributed by atoms with van der Waals surface area (Å²) in [5.74, 6) is 2.22. The van der Waals surface area contributed by atoms with Gasteiger partial charge in [0.2, 0.25) is 0 Å². The highest BCUT2D eigenvalue weighted by Gasteiger charge is 2.04. The van der Waals surface area contributed by atoms with Crippen LogP contribution in [0, 0.1) is 10.8 Å². The van der Waals surface area contributed by atoms with Gasteiger partial charge in [0, 0.05) is 0 Å². The van der Waals surface area contributed by atoms with Gasteiger partial charge in [-0.3, -0.25) is 15.9 Å². The van der Waals surface area contributed by atoms with Crippen molar-refractivity contribution in [3.05, 3.63) is 11.6 Å². The van der Waals surface area contributed by atoms with E-state index in [0.29, 0.717) is 23.2 Å². The molecule has 0 unspecified atom stereocenters. The standard InChI is InChI=1S/C6H11N7S2/c7-5(8)14-1-3-11-4(13-12-3)2-15-6(9)10/h1-2H2,(H3,7,8)(H3,9,10)(H,11,12,13). The van der Waals surface area contributed by atoms with Crippen molar-refractivity contribution in [2.45, 2.75) is 11.5 Å². The topological polar surface area (TPSA) is 141 Å². The molecule has 15 heavy (non-hydrogen) atoms. The molecule has 0 saturated heterocycles. The Kier molecular flexibility index (Phi) is 4.43. The van der Waals surface area contributed by atoms with Crippen molar-refractivity contribution in [3.63, 3.8) is 0 Å². The molecular weight excluding hydrogens is 234 g/mol. The summed E-state index contributed by atoms with van der Waals surface area (Å²) in [6, 6.07) is 0. The minimum atomic E-state index is 0.0412. The first-order valence-electron chi connectivity index (χ1n) is 3.91. The molecule has 0 bridgehead atoms. The number of aromatic amines is 1. The second kappa shape index (κ2) is 5.61. The monoisotopic (exact) mass is 245 g/mol. The van der Waals surface area contributed by atoms with Crippen LogP contribution in [0.2, 0.25) is 0 Å². The van der Waals surface area contributed by atoms with Gasteiger partial charge in [-0.1, -0.05) is 23.5 Å². The summed E-state index contributed by atoms with van der Waals surface area (Å²) in [5, 5.41) is 20.8. The predicted octanol–water partition coefficient (Wildman–Crippen LogP) is 0.0580. The molecule has 0 atom stereocenters. The van der Waals surface area contributed by atoms with Gasteiger partial charge in [-0.15, -0.1) is 0 Å². The first-order chi connectivity index (χ1) is 7.08. The highest BCUT2D eigenvalue weighted by atomic mass is 32.2. The van der Waals surface area contributed by atoms with Crippen molar-refractivity contribution in [2.75, 3.05) is 0 Å². The Morgan fingerprint density at radius 2 is 1.80 bits per heavy atom. The van der Waals surface area contributed by atoms with Crippen molar-refractivity contribution in [1.29, 1.82) is 10.8 Å². The fraction of sp³-hybridized carbons (Fsp3) is 0.333. The molecule has 7 N–H and O–H groups in total. The fourth-order valence-electron chi connectivity index (χ4n) is 0.752. The summed E-state index contributed by atoms with van der Waals surface area (Å²) in [6.45, 7) is 0. The summed E-state index contributed by atoms with van der Waals surface area (Å²) in [5.41, 5.74) is 10.4. The van der Waals surface area contributed by atoms with Crippen molar-refractivity contribution >= 4 is 33.9 Å². The zero-order valence-electron chi connectivity index (χ0n) is 7.78. The molecule has 0 aliphatic heterocycles. The Bertz CT molecular complexity index is 328. The average Bonchev–Trinajstić information content (AvgIpc) is 2.59. The van der Waals surface area contributed by atoms with Gasteiger partial charge < -0.3 is 11.5 Å². The second-order valence-corrected chi connectivity index (χ2v) is 4.54. The lowest BCUT2D eigenvalue weighted by Crippen LogP contribution is -2.04. The van der Waals surface area contributed by atoms with Crippen LogP contribution in [0.3, 0.4) is 0 Å². The lowest BCUT2D eigenvalue weighted by Gasteiger charge is -1.93. The van der Waals surface area contributed by atoms with Crippen molar-refractivity contribution in [1.82, 2.24) is 15.2 Å². The van der Waals surface area contributed by atoms with E-state index in [0.717, 1.165) is 11.8 Å². The van der Waals surface area contributed by atoms with Crippen LogP contribution in [0.1, 0.15) is 11.6 Å². The number of amidine groups is 2. The maximum Gasteiger partial charge on any atom is 0.161 e. The smallest absolute Gasteiger partial charge is 0.161 e. The van der Waals surface area contributed by atoms with Crippen LogP contribution in [0.5, 0.6) is 0 Å². The van der Waals surface area contributed by atoms with E-state index in [-0.39, 0.29) is 10.3 Å². The van der Waals surface area contributed by atoms with Crippen LogP contribution < -0.4 is 11.5 Å². The number of hydrogen-bond acceptors (Lipinski definition) is 6. The first-order valence-corrected chi connectivity index (χ1v) is 5.89. The third-order valence-corrected chi connectivity index (χ3v) is 2.74. The van der Waals surface area contributed by atoms with E-state index in [1.165, 1.54) is 11.8 Å². The SMILES string of the molecule is N=C(N)SCc1n[nH]c(CSC(=N)N)n1. The second-order valence-electron chi connectivity index (χ2n) is 2.50. The quantitative estimate of drug-likeness (QED) is 0.375. The van der Waals surface area contributed by atoms with Crippen LogP contribution in [0.4, 0.5) is 0 Å². The molecular formula is C6H11N7S2. The predicted molar refractivity (Wildman–Crippen MR) is 62.8 cm³/mol. The Balaban J connectivity index is 2.41. The number of nitrogens with two attached hydrogens (primary N) is 2. The van der Waals surface area contributed by atoms with E-state index < -0.39 is 0 Å². The number of aromatic nitrogens is 3. The zero-order chi connectivity index (χ0) is 11.3. The number of thioether (sulfide) groups is 2. The summed E-state index contributed by atoms with van der Waals surface area (Å²) in [7, 11) is 0. The highest BCUT2D eigenvalue weighted by Crippen LogP contribution is 2.10. The Morgan fingerprint density at radius 3 is 2.40 bits per heavy atom. The molecule has 0 aliphatic carbocycles. The fourth-order valence-corrected chi connectivity index (χ4v) is 1.59. The normalized spacial score (nSPS) is 10.1. The molecule has 0 aliphatic rings. The Morgan fingerprint density at radius 1 is 1.20 bits per heavy atom. The van der Waals surface area contributed by atoms with Crippen LogP contribution in [0.15, 0.2) is 0 Å². The third kappa shape index (κ3) is 4.70. The van der Waals surface area contributed by atoms with E-state index in [1.807, 2.05) is 0 Å². The van der Waals surface area contributed by atoms with E-state index in [4.69, 9.17) is 22.3 Å². The van der Waals surface area contributed by atoms with Crippen LogP contribution in [0.25, 0.3) is 0 Å². The molecule has 1 heterocycles.